The van der Waals surface area contributed by atoms with Gasteiger partial charge in [0.05, 0.1) is 32.2 Å². The van der Waals surface area contributed by atoms with Gasteiger partial charge in [-0.05, 0) is 49.9 Å². The zero-order valence-electron chi connectivity index (χ0n) is 12.7. The summed E-state index contributed by atoms with van der Waals surface area (Å²) in [7, 11) is 0. The number of rotatable bonds is 2. The molecule has 1 amide bonds. The first-order valence-electron chi connectivity index (χ1n) is 8.23. The molecule has 0 unspecified atom stereocenters. The van der Waals surface area contributed by atoms with Crippen LogP contribution in [-0.4, -0.2) is 43.0 Å². The highest BCUT2D eigenvalue weighted by atomic mass is 16.2. The van der Waals surface area contributed by atoms with Crippen LogP contribution < -0.4 is 10.6 Å². The quantitative estimate of drug-likeness (QED) is 0.796. The number of nitrogens with zero attached hydrogens (tertiary/aromatic N) is 1. The Hall–Kier alpha value is -1.55. The molecule has 1 aromatic carbocycles. The van der Waals surface area contributed by atoms with Gasteiger partial charge in [-0.1, -0.05) is 6.42 Å². The summed E-state index contributed by atoms with van der Waals surface area (Å²) in [5.41, 5.74) is 7.14. The number of benzene rings is 1. The Morgan fingerprint density at radius 1 is 1.05 bits per heavy atom. The maximum atomic E-state index is 12.5. The van der Waals surface area contributed by atoms with E-state index in [1.165, 1.54) is 32.1 Å². The molecule has 114 valence electrons. The van der Waals surface area contributed by atoms with Crippen molar-refractivity contribution in [3.63, 3.8) is 0 Å². The number of hydrogen-bond donors (Lipinski definition) is 2. The summed E-state index contributed by atoms with van der Waals surface area (Å²) >= 11 is 0. The molecular formula is C17H26N3O+. The number of anilines is 1. The van der Waals surface area contributed by atoms with Crippen LogP contribution in [0.2, 0.25) is 0 Å². The molecule has 1 saturated carbocycles. The Labute approximate surface area is 126 Å². The Morgan fingerprint density at radius 3 is 2.29 bits per heavy atom. The van der Waals surface area contributed by atoms with E-state index in [2.05, 4.69) is 0 Å². The summed E-state index contributed by atoms with van der Waals surface area (Å²) in [4.78, 5) is 16.2. The van der Waals surface area contributed by atoms with Gasteiger partial charge in [-0.2, -0.15) is 0 Å². The molecule has 1 aliphatic carbocycles. The third-order valence-electron chi connectivity index (χ3n) is 5.03. The number of nitrogens with two attached hydrogens (primary N) is 1. The predicted octanol–water partition coefficient (Wildman–Crippen LogP) is 0.942. The SMILES string of the molecule is Nc1ccc(C(=O)N2CC[NH+](C3CCCCC3)CC2)cc1. The number of carbonyl (C=O) groups excluding carboxylic acids is 1. The van der Waals surface area contributed by atoms with Crippen LogP contribution >= 0.6 is 0 Å². The molecule has 4 heteroatoms. The van der Waals surface area contributed by atoms with E-state index in [1.54, 1.807) is 17.0 Å². The van der Waals surface area contributed by atoms with Crippen LogP contribution in [0.4, 0.5) is 5.69 Å². The number of amides is 1. The van der Waals surface area contributed by atoms with Crippen LogP contribution in [0.25, 0.3) is 0 Å². The zero-order chi connectivity index (χ0) is 14.7. The van der Waals surface area contributed by atoms with Crippen LogP contribution in [0.3, 0.4) is 0 Å². The van der Waals surface area contributed by atoms with E-state index in [1.807, 2.05) is 17.0 Å². The Kier molecular flexibility index (Phi) is 4.44. The van der Waals surface area contributed by atoms with Crippen LogP contribution in [0.1, 0.15) is 42.5 Å². The van der Waals surface area contributed by atoms with Crippen molar-refractivity contribution < 1.29 is 9.69 Å². The lowest BCUT2D eigenvalue weighted by Gasteiger charge is -2.38. The van der Waals surface area contributed by atoms with Crippen LogP contribution in [0.15, 0.2) is 24.3 Å². The third-order valence-corrected chi connectivity index (χ3v) is 5.03. The highest BCUT2D eigenvalue weighted by molar-refractivity contribution is 5.94. The van der Waals surface area contributed by atoms with Gasteiger partial charge in [0.2, 0.25) is 0 Å². The highest BCUT2D eigenvalue weighted by Gasteiger charge is 2.30. The molecule has 21 heavy (non-hydrogen) atoms. The molecular weight excluding hydrogens is 262 g/mol. The van der Waals surface area contributed by atoms with Gasteiger partial charge in [0, 0.05) is 11.3 Å². The van der Waals surface area contributed by atoms with Gasteiger partial charge < -0.3 is 15.5 Å². The molecule has 4 nitrogen and oxygen atoms in total. The molecule has 1 saturated heterocycles. The molecule has 0 aromatic heterocycles. The summed E-state index contributed by atoms with van der Waals surface area (Å²) in [5.74, 6) is 0.151. The summed E-state index contributed by atoms with van der Waals surface area (Å²) in [6, 6.07) is 8.11. The van der Waals surface area contributed by atoms with Gasteiger partial charge in [0.15, 0.2) is 0 Å². The summed E-state index contributed by atoms with van der Waals surface area (Å²) in [6.07, 6.45) is 6.94. The van der Waals surface area contributed by atoms with Crippen LogP contribution in [0.5, 0.6) is 0 Å². The molecule has 3 rings (SSSR count). The number of nitrogens with one attached hydrogen (secondary N) is 1. The number of piperazine rings is 1. The molecule has 1 heterocycles. The predicted molar refractivity (Wildman–Crippen MR) is 84.3 cm³/mol. The van der Waals surface area contributed by atoms with E-state index in [9.17, 15) is 4.79 Å². The Bertz CT molecular complexity index is 471. The summed E-state index contributed by atoms with van der Waals surface area (Å²) in [6.45, 7) is 3.97. The largest absolute Gasteiger partial charge is 0.399 e. The average Bonchev–Trinajstić information content (AvgIpc) is 2.56. The number of carbonyl (C=O) groups is 1. The van der Waals surface area contributed by atoms with Gasteiger partial charge in [-0.25, -0.2) is 0 Å². The van der Waals surface area contributed by atoms with Crippen molar-refractivity contribution in [2.24, 2.45) is 0 Å². The normalized spacial score (nSPS) is 21.4. The smallest absolute Gasteiger partial charge is 0.254 e. The fourth-order valence-electron chi connectivity index (χ4n) is 3.72. The second-order valence-electron chi connectivity index (χ2n) is 6.41. The molecule has 0 atom stereocenters. The van der Waals surface area contributed by atoms with Crippen LogP contribution in [0, 0.1) is 0 Å². The maximum Gasteiger partial charge on any atom is 0.254 e. The lowest BCUT2D eigenvalue weighted by molar-refractivity contribution is -0.930. The molecule has 0 bridgehead atoms. The second kappa shape index (κ2) is 6.48. The van der Waals surface area contributed by atoms with Crippen LogP contribution in [-0.2, 0) is 0 Å². The molecule has 1 aromatic rings. The molecule has 2 aliphatic rings. The van der Waals surface area contributed by atoms with E-state index in [4.69, 9.17) is 5.73 Å². The number of hydrogen-bond acceptors (Lipinski definition) is 2. The van der Waals surface area contributed by atoms with Gasteiger partial charge in [0.25, 0.3) is 5.91 Å². The molecule has 0 spiro atoms. The molecule has 2 fully saturated rings. The minimum atomic E-state index is 0.151. The fourth-order valence-corrected chi connectivity index (χ4v) is 3.72. The fraction of sp³-hybridized carbons (Fsp3) is 0.588. The topological polar surface area (TPSA) is 50.8 Å². The van der Waals surface area contributed by atoms with Gasteiger partial charge in [-0.3, -0.25) is 4.79 Å². The second-order valence-corrected chi connectivity index (χ2v) is 6.41. The summed E-state index contributed by atoms with van der Waals surface area (Å²) in [5, 5.41) is 0. The van der Waals surface area contributed by atoms with E-state index < -0.39 is 0 Å². The van der Waals surface area contributed by atoms with Gasteiger partial charge in [-0.15, -0.1) is 0 Å². The van der Waals surface area contributed by atoms with E-state index in [-0.39, 0.29) is 5.91 Å². The van der Waals surface area contributed by atoms with Gasteiger partial charge >= 0.3 is 0 Å². The number of nitrogen functional groups attached to an aromatic ring is 1. The first-order chi connectivity index (χ1) is 10.2. The zero-order valence-corrected chi connectivity index (χ0v) is 12.7. The first-order valence-corrected chi connectivity index (χ1v) is 8.23. The monoisotopic (exact) mass is 288 g/mol. The van der Waals surface area contributed by atoms with Crippen molar-refractivity contribution in [3.05, 3.63) is 29.8 Å². The van der Waals surface area contributed by atoms with Crippen molar-refractivity contribution in [1.29, 1.82) is 0 Å². The Balaban J connectivity index is 1.55. The van der Waals surface area contributed by atoms with Crippen molar-refractivity contribution in [2.45, 2.75) is 38.1 Å². The number of quaternary nitrogens is 1. The molecule has 3 N–H and O–H groups in total. The Morgan fingerprint density at radius 2 is 1.67 bits per heavy atom. The van der Waals surface area contributed by atoms with Crippen molar-refractivity contribution >= 4 is 11.6 Å². The van der Waals surface area contributed by atoms with Crippen molar-refractivity contribution in [1.82, 2.24) is 4.90 Å². The van der Waals surface area contributed by atoms with Gasteiger partial charge in [0.1, 0.15) is 0 Å². The van der Waals surface area contributed by atoms with E-state index >= 15 is 0 Å². The standard InChI is InChI=1S/C17H25N3O/c18-15-8-6-14(7-9-15)17(21)20-12-10-19(11-13-20)16-4-2-1-3-5-16/h6-9,16H,1-5,10-13,18H2/p+1. The molecule has 1 aliphatic heterocycles. The maximum absolute atomic E-state index is 12.5. The average molecular weight is 288 g/mol. The van der Waals surface area contributed by atoms with Crippen molar-refractivity contribution in [2.75, 3.05) is 31.9 Å². The van der Waals surface area contributed by atoms with E-state index in [0.717, 1.165) is 37.8 Å². The van der Waals surface area contributed by atoms with E-state index in [0.29, 0.717) is 5.69 Å². The lowest BCUT2D eigenvalue weighted by atomic mass is 9.94. The minimum Gasteiger partial charge on any atom is -0.399 e. The highest BCUT2D eigenvalue weighted by Crippen LogP contribution is 2.16. The first kappa shape index (κ1) is 14.4. The van der Waals surface area contributed by atoms with Crippen molar-refractivity contribution in [3.8, 4) is 0 Å². The summed E-state index contributed by atoms with van der Waals surface area (Å²) < 4.78 is 0. The third kappa shape index (κ3) is 3.38. The lowest BCUT2D eigenvalue weighted by Crippen LogP contribution is -3.18. The minimum absolute atomic E-state index is 0.151. The molecule has 0 radical (unpaired) electrons.